The summed E-state index contributed by atoms with van der Waals surface area (Å²) in [5.74, 6) is 1.27. The van der Waals surface area contributed by atoms with Crippen LogP contribution in [0.5, 0.6) is 11.5 Å². The van der Waals surface area contributed by atoms with Crippen LogP contribution >= 0.6 is 0 Å². The Kier molecular flexibility index (Phi) is 3.28. The fourth-order valence-electron chi connectivity index (χ4n) is 2.32. The highest BCUT2D eigenvalue weighted by Gasteiger charge is 2.14. The topological polar surface area (TPSA) is 40.5 Å². The van der Waals surface area contributed by atoms with Gasteiger partial charge in [-0.1, -0.05) is 0 Å². The first kappa shape index (κ1) is 12.5. The lowest BCUT2D eigenvalue weighted by Crippen LogP contribution is -2.13. The number of pyridine rings is 1. The number of benzene rings is 1. The molecule has 1 heterocycles. The minimum atomic E-state index is -0.0389. The van der Waals surface area contributed by atoms with Crippen LogP contribution in [0, 0.1) is 6.92 Å². The van der Waals surface area contributed by atoms with E-state index in [2.05, 4.69) is 4.57 Å². The number of aromatic nitrogens is 1. The van der Waals surface area contributed by atoms with Gasteiger partial charge in [0.25, 0.3) is 0 Å². The van der Waals surface area contributed by atoms with Crippen molar-refractivity contribution in [2.45, 2.75) is 20.4 Å². The van der Waals surface area contributed by atoms with Crippen LogP contribution in [0.2, 0.25) is 0 Å². The van der Waals surface area contributed by atoms with Gasteiger partial charge in [-0.3, -0.25) is 4.79 Å². The van der Waals surface area contributed by atoms with Gasteiger partial charge < -0.3 is 14.0 Å². The molecule has 96 valence electrons. The number of hydrogen-bond donors (Lipinski definition) is 0. The molecule has 0 aliphatic rings. The van der Waals surface area contributed by atoms with E-state index in [-0.39, 0.29) is 5.43 Å². The number of aryl methyl sites for hydroxylation is 2. The highest BCUT2D eigenvalue weighted by Crippen LogP contribution is 2.31. The molecule has 2 aromatic rings. The third kappa shape index (κ3) is 1.74. The molecule has 0 atom stereocenters. The molecule has 1 aromatic heterocycles. The number of nitrogens with zero attached hydrogens (tertiary/aromatic N) is 1. The molecule has 2 rings (SSSR count). The van der Waals surface area contributed by atoms with E-state index in [1.807, 2.05) is 19.9 Å². The average Bonchev–Trinajstić information content (AvgIpc) is 2.37. The van der Waals surface area contributed by atoms with Crippen molar-refractivity contribution in [3.8, 4) is 11.5 Å². The monoisotopic (exact) mass is 247 g/mol. The van der Waals surface area contributed by atoms with Gasteiger partial charge in [0.1, 0.15) is 11.5 Å². The predicted molar refractivity (Wildman–Crippen MR) is 71.7 cm³/mol. The highest BCUT2D eigenvalue weighted by atomic mass is 16.5. The molecule has 0 amide bonds. The summed E-state index contributed by atoms with van der Waals surface area (Å²) in [6, 6.07) is 5.22. The second kappa shape index (κ2) is 4.72. The van der Waals surface area contributed by atoms with Crippen LogP contribution in [0.3, 0.4) is 0 Å². The zero-order valence-electron chi connectivity index (χ0n) is 11.1. The first-order valence-corrected chi connectivity index (χ1v) is 5.89. The first-order valence-electron chi connectivity index (χ1n) is 5.89. The SMILES string of the molecule is CCn1c(C)cc(=O)c2c(OC)ccc(OC)c21. The molecule has 0 aliphatic heterocycles. The lowest BCUT2D eigenvalue weighted by Gasteiger charge is -2.16. The Labute approximate surface area is 106 Å². The minimum Gasteiger partial charge on any atom is -0.496 e. The molecule has 0 fully saturated rings. The molecule has 0 unspecified atom stereocenters. The zero-order valence-corrected chi connectivity index (χ0v) is 11.1. The molecule has 0 aliphatic carbocycles. The van der Waals surface area contributed by atoms with Crippen molar-refractivity contribution in [2.24, 2.45) is 0 Å². The van der Waals surface area contributed by atoms with E-state index in [0.29, 0.717) is 16.9 Å². The van der Waals surface area contributed by atoms with E-state index < -0.39 is 0 Å². The highest BCUT2D eigenvalue weighted by molar-refractivity contribution is 5.90. The molecular weight excluding hydrogens is 230 g/mol. The van der Waals surface area contributed by atoms with Crippen LogP contribution < -0.4 is 14.9 Å². The van der Waals surface area contributed by atoms with Crippen LogP contribution in [-0.4, -0.2) is 18.8 Å². The number of methoxy groups -OCH3 is 2. The summed E-state index contributed by atoms with van der Waals surface area (Å²) in [4.78, 5) is 12.2. The lowest BCUT2D eigenvalue weighted by molar-refractivity contribution is 0.408. The molecule has 0 N–H and O–H groups in total. The van der Waals surface area contributed by atoms with Crippen molar-refractivity contribution in [3.05, 3.63) is 34.1 Å². The Hall–Kier alpha value is -1.97. The van der Waals surface area contributed by atoms with Crippen LogP contribution in [0.15, 0.2) is 23.0 Å². The lowest BCUT2D eigenvalue weighted by atomic mass is 10.1. The van der Waals surface area contributed by atoms with E-state index in [1.54, 1.807) is 26.4 Å². The molecule has 0 bridgehead atoms. The average molecular weight is 247 g/mol. The Morgan fingerprint density at radius 2 is 1.78 bits per heavy atom. The van der Waals surface area contributed by atoms with E-state index in [0.717, 1.165) is 17.8 Å². The Balaban J connectivity index is 3.05. The number of fused-ring (bicyclic) bond motifs is 1. The Morgan fingerprint density at radius 3 is 2.33 bits per heavy atom. The van der Waals surface area contributed by atoms with Crippen molar-refractivity contribution < 1.29 is 9.47 Å². The van der Waals surface area contributed by atoms with Crippen molar-refractivity contribution in [1.82, 2.24) is 4.57 Å². The van der Waals surface area contributed by atoms with Gasteiger partial charge in [0.15, 0.2) is 5.43 Å². The number of rotatable bonds is 3. The molecule has 0 saturated carbocycles. The van der Waals surface area contributed by atoms with Gasteiger partial charge in [0.05, 0.1) is 25.1 Å². The van der Waals surface area contributed by atoms with Crippen molar-refractivity contribution in [1.29, 1.82) is 0 Å². The largest absolute Gasteiger partial charge is 0.496 e. The quantitative estimate of drug-likeness (QED) is 0.836. The van der Waals surface area contributed by atoms with Gasteiger partial charge in [-0.25, -0.2) is 0 Å². The van der Waals surface area contributed by atoms with E-state index in [4.69, 9.17) is 9.47 Å². The van der Waals surface area contributed by atoms with Crippen molar-refractivity contribution >= 4 is 10.9 Å². The maximum absolute atomic E-state index is 12.2. The maximum atomic E-state index is 12.2. The molecule has 1 aromatic carbocycles. The van der Waals surface area contributed by atoms with Gasteiger partial charge >= 0.3 is 0 Å². The maximum Gasteiger partial charge on any atom is 0.193 e. The summed E-state index contributed by atoms with van der Waals surface area (Å²) in [5, 5.41) is 0.573. The first-order chi connectivity index (χ1) is 8.63. The van der Waals surface area contributed by atoms with Gasteiger partial charge in [-0.15, -0.1) is 0 Å². The fraction of sp³-hybridized carbons (Fsp3) is 0.357. The minimum absolute atomic E-state index is 0.0389. The van der Waals surface area contributed by atoms with Gasteiger partial charge in [0, 0.05) is 18.3 Å². The number of hydrogen-bond acceptors (Lipinski definition) is 3. The predicted octanol–water partition coefficient (Wildman–Crippen LogP) is 2.35. The summed E-state index contributed by atoms with van der Waals surface area (Å²) in [7, 11) is 3.17. The zero-order chi connectivity index (χ0) is 13.3. The van der Waals surface area contributed by atoms with Crippen LogP contribution in [0.25, 0.3) is 10.9 Å². The Morgan fingerprint density at radius 1 is 1.17 bits per heavy atom. The van der Waals surface area contributed by atoms with Crippen LogP contribution in [0.1, 0.15) is 12.6 Å². The van der Waals surface area contributed by atoms with Gasteiger partial charge in [0.2, 0.25) is 0 Å². The molecule has 0 spiro atoms. The molecule has 4 nitrogen and oxygen atoms in total. The number of ether oxygens (including phenoxy) is 2. The summed E-state index contributed by atoms with van der Waals surface area (Å²) in [6.07, 6.45) is 0. The fourth-order valence-corrected chi connectivity index (χ4v) is 2.32. The molecule has 4 heteroatoms. The third-order valence-corrected chi connectivity index (χ3v) is 3.14. The van der Waals surface area contributed by atoms with Gasteiger partial charge in [-0.2, -0.15) is 0 Å². The van der Waals surface area contributed by atoms with E-state index >= 15 is 0 Å². The van der Waals surface area contributed by atoms with E-state index in [1.165, 1.54) is 0 Å². The van der Waals surface area contributed by atoms with Crippen molar-refractivity contribution in [2.75, 3.05) is 14.2 Å². The smallest absolute Gasteiger partial charge is 0.193 e. The summed E-state index contributed by atoms with van der Waals surface area (Å²) in [6.45, 7) is 4.73. The van der Waals surface area contributed by atoms with E-state index in [9.17, 15) is 4.79 Å². The normalized spacial score (nSPS) is 10.7. The molecule has 0 radical (unpaired) electrons. The molecule has 0 saturated heterocycles. The summed E-state index contributed by atoms with van der Waals surface area (Å²) >= 11 is 0. The standard InChI is InChI=1S/C14H17NO3/c1-5-15-9(2)8-10(16)13-11(17-3)6-7-12(18-4)14(13)15/h6-8H,5H2,1-4H3. The Bertz CT molecular complexity index is 644. The molecule has 18 heavy (non-hydrogen) atoms. The summed E-state index contributed by atoms with van der Waals surface area (Å²) in [5.41, 5.74) is 1.67. The van der Waals surface area contributed by atoms with Crippen LogP contribution in [-0.2, 0) is 6.54 Å². The second-order valence-electron chi connectivity index (χ2n) is 4.09. The van der Waals surface area contributed by atoms with Gasteiger partial charge in [-0.05, 0) is 26.0 Å². The third-order valence-electron chi connectivity index (χ3n) is 3.14. The molecular formula is C14H17NO3. The second-order valence-corrected chi connectivity index (χ2v) is 4.09. The van der Waals surface area contributed by atoms with Crippen molar-refractivity contribution in [3.63, 3.8) is 0 Å². The summed E-state index contributed by atoms with van der Waals surface area (Å²) < 4.78 is 12.7. The van der Waals surface area contributed by atoms with Crippen LogP contribution in [0.4, 0.5) is 0 Å².